The van der Waals surface area contributed by atoms with Gasteiger partial charge in [0.25, 0.3) is 11.8 Å². The van der Waals surface area contributed by atoms with Gasteiger partial charge in [-0.2, -0.15) is 0 Å². The molecule has 0 spiro atoms. The highest BCUT2D eigenvalue weighted by atomic mass is 35.5. The number of hydrogen-bond acceptors (Lipinski definition) is 4. The Morgan fingerprint density at radius 2 is 2.00 bits per heavy atom. The largest absolute Gasteiger partial charge is 0.495 e. The monoisotopic (exact) mass is 394 g/mol. The number of amides is 2. The maximum absolute atomic E-state index is 13.2. The molecule has 2 atom stereocenters. The zero-order valence-corrected chi connectivity index (χ0v) is 16.9. The van der Waals surface area contributed by atoms with Gasteiger partial charge in [-0.1, -0.05) is 24.4 Å². The summed E-state index contributed by atoms with van der Waals surface area (Å²) in [6, 6.07) is 5.12. The maximum Gasteiger partial charge on any atom is 0.254 e. The van der Waals surface area contributed by atoms with Crippen LogP contribution in [0, 0.1) is 5.92 Å². The fourth-order valence-corrected chi connectivity index (χ4v) is 3.77. The predicted molar refractivity (Wildman–Crippen MR) is 103 cm³/mol. The Bertz CT molecular complexity index is 707. The summed E-state index contributed by atoms with van der Waals surface area (Å²) in [4.78, 5) is 29.4. The van der Waals surface area contributed by atoms with Crippen LogP contribution in [-0.4, -0.2) is 67.6 Å². The Labute approximate surface area is 165 Å². The van der Waals surface area contributed by atoms with Crippen molar-refractivity contribution in [3.8, 4) is 5.75 Å². The van der Waals surface area contributed by atoms with Crippen LogP contribution in [0.3, 0.4) is 0 Å². The average molecular weight is 395 g/mol. The van der Waals surface area contributed by atoms with E-state index in [4.69, 9.17) is 21.1 Å². The normalized spacial score (nSPS) is 21.1. The van der Waals surface area contributed by atoms with Crippen LogP contribution >= 0.6 is 11.6 Å². The van der Waals surface area contributed by atoms with Crippen LogP contribution < -0.4 is 4.74 Å². The standard InChI is InChI=1S/C20H27ClN2O4/c1-13(26-2)19(24)22-8-9-23(16(12-22)10-14-4-5-14)20(25)15-6-7-17(21)18(11-15)27-3/h6-7,11,13-14,16H,4-5,8-10,12H2,1-3H3. The number of ether oxygens (including phenoxy) is 2. The summed E-state index contributed by atoms with van der Waals surface area (Å²) in [6.07, 6.45) is 2.88. The highest BCUT2D eigenvalue weighted by Gasteiger charge is 2.37. The number of carbonyl (C=O) groups is 2. The van der Waals surface area contributed by atoms with Crippen molar-refractivity contribution in [1.82, 2.24) is 9.80 Å². The molecule has 2 aliphatic rings. The minimum Gasteiger partial charge on any atom is -0.495 e. The first kappa shape index (κ1) is 20.0. The lowest BCUT2D eigenvalue weighted by atomic mass is 10.0. The molecule has 1 saturated carbocycles. The van der Waals surface area contributed by atoms with Crippen molar-refractivity contribution in [3.05, 3.63) is 28.8 Å². The predicted octanol–water partition coefficient (Wildman–Crippen LogP) is 2.84. The lowest BCUT2D eigenvalue weighted by Crippen LogP contribution is -2.58. The fourth-order valence-electron chi connectivity index (χ4n) is 3.58. The molecule has 1 aliphatic heterocycles. The van der Waals surface area contributed by atoms with E-state index in [9.17, 15) is 9.59 Å². The number of nitrogens with zero attached hydrogens (tertiary/aromatic N) is 2. The number of piperazine rings is 1. The molecule has 1 aliphatic carbocycles. The average Bonchev–Trinajstić information content (AvgIpc) is 3.50. The number of hydrogen-bond donors (Lipinski definition) is 0. The molecule has 0 N–H and O–H groups in total. The van der Waals surface area contributed by atoms with E-state index >= 15 is 0 Å². The summed E-state index contributed by atoms with van der Waals surface area (Å²) >= 11 is 6.08. The van der Waals surface area contributed by atoms with Crippen LogP contribution in [-0.2, 0) is 9.53 Å². The minimum atomic E-state index is -0.464. The van der Waals surface area contributed by atoms with E-state index in [-0.39, 0.29) is 17.9 Å². The highest BCUT2D eigenvalue weighted by Crippen LogP contribution is 2.36. The number of rotatable bonds is 6. The van der Waals surface area contributed by atoms with Gasteiger partial charge < -0.3 is 19.3 Å². The summed E-state index contributed by atoms with van der Waals surface area (Å²) in [5.41, 5.74) is 0.557. The van der Waals surface area contributed by atoms with E-state index in [1.807, 2.05) is 9.80 Å². The van der Waals surface area contributed by atoms with E-state index in [1.165, 1.54) is 27.1 Å². The summed E-state index contributed by atoms with van der Waals surface area (Å²) in [6.45, 7) is 3.35. The topological polar surface area (TPSA) is 59.1 Å². The van der Waals surface area contributed by atoms with Crippen LogP contribution in [0.5, 0.6) is 5.75 Å². The number of halogens is 1. The first-order valence-electron chi connectivity index (χ1n) is 9.40. The first-order valence-corrected chi connectivity index (χ1v) is 9.78. The second kappa shape index (κ2) is 8.48. The second-order valence-corrected chi connectivity index (χ2v) is 7.75. The van der Waals surface area contributed by atoms with Crippen molar-refractivity contribution >= 4 is 23.4 Å². The van der Waals surface area contributed by atoms with Gasteiger partial charge >= 0.3 is 0 Å². The molecule has 6 nitrogen and oxygen atoms in total. The van der Waals surface area contributed by atoms with Crippen molar-refractivity contribution in [2.24, 2.45) is 5.92 Å². The maximum atomic E-state index is 13.2. The van der Waals surface area contributed by atoms with Crippen molar-refractivity contribution in [2.75, 3.05) is 33.9 Å². The highest BCUT2D eigenvalue weighted by molar-refractivity contribution is 6.32. The first-order chi connectivity index (χ1) is 12.9. The molecular formula is C20H27ClN2O4. The lowest BCUT2D eigenvalue weighted by Gasteiger charge is -2.42. The second-order valence-electron chi connectivity index (χ2n) is 7.34. The molecule has 3 rings (SSSR count). The zero-order valence-electron chi connectivity index (χ0n) is 16.1. The van der Waals surface area contributed by atoms with Crippen LogP contribution in [0.2, 0.25) is 5.02 Å². The molecule has 0 radical (unpaired) electrons. The van der Waals surface area contributed by atoms with Crippen LogP contribution in [0.15, 0.2) is 18.2 Å². The Hall–Kier alpha value is -1.79. The van der Waals surface area contributed by atoms with Gasteiger partial charge in [-0.25, -0.2) is 0 Å². The lowest BCUT2D eigenvalue weighted by molar-refractivity contribution is -0.143. The van der Waals surface area contributed by atoms with Crippen LogP contribution in [0.25, 0.3) is 0 Å². The molecule has 2 fully saturated rings. The molecule has 0 aromatic heterocycles. The smallest absolute Gasteiger partial charge is 0.254 e. The molecule has 148 valence electrons. The van der Waals surface area contributed by atoms with Gasteiger partial charge in [0.1, 0.15) is 11.9 Å². The molecule has 0 bridgehead atoms. The van der Waals surface area contributed by atoms with Gasteiger partial charge in [0.15, 0.2) is 0 Å². The third kappa shape index (κ3) is 4.55. The molecule has 7 heteroatoms. The van der Waals surface area contributed by atoms with Crippen molar-refractivity contribution in [1.29, 1.82) is 0 Å². The zero-order chi connectivity index (χ0) is 19.6. The van der Waals surface area contributed by atoms with E-state index in [0.717, 1.165) is 6.42 Å². The number of methoxy groups -OCH3 is 2. The van der Waals surface area contributed by atoms with Crippen molar-refractivity contribution in [3.63, 3.8) is 0 Å². The van der Waals surface area contributed by atoms with E-state index in [0.29, 0.717) is 41.9 Å². The Morgan fingerprint density at radius 3 is 2.63 bits per heavy atom. The SMILES string of the molecule is COc1cc(C(=O)N2CCN(C(=O)C(C)OC)CC2CC2CC2)ccc1Cl. The molecule has 1 saturated heterocycles. The number of benzene rings is 1. The Morgan fingerprint density at radius 1 is 1.26 bits per heavy atom. The molecule has 1 heterocycles. The van der Waals surface area contributed by atoms with Gasteiger partial charge in [-0.05, 0) is 37.5 Å². The fraction of sp³-hybridized carbons (Fsp3) is 0.600. The van der Waals surface area contributed by atoms with Crippen LogP contribution in [0.1, 0.15) is 36.5 Å². The number of carbonyl (C=O) groups excluding carboxylic acids is 2. The van der Waals surface area contributed by atoms with Gasteiger partial charge in [-0.15, -0.1) is 0 Å². The van der Waals surface area contributed by atoms with Gasteiger partial charge in [0.05, 0.1) is 12.1 Å². The summed E-state index contributed by atoms with van der Waals surface area (Å²) < 4.78 is 10.4. The molecular weight excluding hydrogens is 368 g/mol. The third-order valence-corrected chi connectivity index (χ3v) is 5.77. The Balaban J connectivity index is 1.77. The Kier molecular flexibility index (Phi) is 6.27. The minimum absolute atomic E-state index is 0.0152. The van der Waals surface area contributed by atoms with E-state index in [1.54, 1.807) is 25.1 Å². The van der Waals surface area contributed by atoms with Crippen LogP contribution in [0.4, 0.5) is 0 Å². The third-order valence-electron chi connectivity index (χ3n) is 5.46. The molecule has 2 unspecified atom stereocenters. The van der Waals surface area contributed by atoms with Crippen molar-refractivity contribution < 1.29 is 19.1 Å². The van der Waals surface area contributed by atoms with Gasteiger partial charge in [0.2, 0.25) is 0 Å². The van der Waals surface area contributed by atoms with E-state index in [2.05, 4.69) is 0 Å². The molecule has 1 aromatic rings. The molecule has 2 amide bonds. The van der Waals surface area contributed by atoms with Gasteiger partial charge in [0, 0.05) is 38.3 Å². The molecule has 27 heavy (non-hydrogen) atoms. The molecule has 1 aromatic carbocycles. The summed E-state index contributed by atoms with van der Waals surface area (Å²) in [5.74, 6) is 1.09. The van der Waals surface area contributed by atoms with Gasteiger partial charge in [-0.3, -0.25) is 9.59 Å². The summed E-state index contributed by atoms with van der Waals surface area (Å²) in [5, 5.41) is 0.479. The quantitative estimate of drug-likeness (QED) is 0.744. The van der Waals surface area contributed by atoms with E-state index < -0.39 is 6.10 Å². The summed E-state index contributed by atoms with van der Waals surface area (Å²) in [7, 11) is 3.07. The van der Waals surface area contributed by atoms with Crippen molar-refractivity contribution in [2.45, 2.75) is 38.3 Å².